The summed E-state index contributed by atoms with van der Waals surface area (Å²) in [6.07, 6.45) is 4.91. The van der Waals surface area contributed by atoms with Crippen molar-refractivity contribution >= 4 is 5.91 Å². The molecule has 3 rings (SSSR count). The van der Waals surface area contributed by atoms with Crippen molar-refractivity contribution in [2.75, 3.05) is 0 Å². The number of hydrogen-bond donors (Lipinski definition) is 1. The van der Waals surface area contributed by atoms with Gasteiger partial charge in [0.05, 0.1) is 0 Å². The predicted molar refractivity (Wildman–Crippen MR) is 79.9 cm³/mol. The third-order valence-electron chi connectivity index (χ3n) is 3.70. The number of carbonyl (C=O) groups excluding carboxylic acids is 1. The molecule has 0 atom stereocenters. The van der Waals surface area contributed by atoms with Gasteiger partial charge in [0.1, 0.15) is 5.75 Å². The first-order valence-corrected chi connectivity index (χ1v) is 7.27. The quantitative estimate of drug-likeness (QED) is 0.915. The molecule has 1 saturated carbocycles. The number of benzene rings is 1. The van der Waals surface area contributed by atoms with E-state index >= 15 is 0 Å². The molecule has 1 amide bonds. The zero-order chi connectivity index (χ0) is 14.5. The van der Waals surface area contributed by atoms with Crippen molar-refractivity contribution in [2.24, 2.45) is 5.92 Å². The van der Waals surface area contributed by atoms with E-state index in [2.05, 4.69) is 10.3 Å². The van der Waals surface area contributed by atoms with E-state index in [1.807, 2.05) is 42.5 Å². The molecule has 0 unspecified atom stereocenters. The highest BCUT2D eigenvalue weighted by molar-refractivity contribution is 5.79. The van der Waals surface area contributed by atoms with Crippen LogP contribution in [0, 0.1) is 5.92 Å². The van der Waals surface area contributed by atoms with Crippen LogP contribution in [0.5, 0.6) is 11.6 Å². The van der Waals surface area contributed by atoms with E-state index in [1.165, 1.54) is 6.42 Å². The second-order valence-electron chi connectivity index (χ2n) is 5.26. The molecular weight excluding hydrogens is 264 g/mol. The molecule has 1 heterocycles. The summed E-state index contributed by atoms with van der Waals surface area (Å²) < 4.78 is 5.68. The molecule has 4 nitrogen and oxygen atoms in total. The SMILES string of the molecule is O=C(NCc1cccc(Oc2ccccn2)c1)C1CCC1. The van der Waals surface area contributed by atoms with Crippen LogP contribution in [0.25, 0.3) is 0 Å². The molecule has 0 aliphatic heterocycles. The van der Waals surface area contributed by atoms with Crippen LogP contribution < -0.4 is 10.1 Å². The second kappa shape index (κ2) is 6.39. The van der Waals surface area contributed by atoms with E-state index in [0.717, 1.165) is 24.2 Å². The van der Waals surface area contributed by atoms with Crippen molar-refractivity contribution in [3.63, 3.8) is 0 Å². The van der Waals surface area contributed by atoms with Gasteiger partial charge in [0, 0.05) is 24.7 Å². The fraction of sp³-hybridized carbons (Fsp3) is 0.294. The lowest BCUT2D eigenvalue weighted by atomic mass is 9.85. The molecule has 0 bridgehead atoms. The topological polar surface area (TPSA) is 51.2 Å². The van der Waals surface area contributed by atoms with Crippen LogP contribution in [-0.4, -0.2) is 10.9 Å². The fourth-order valence-electron chi connectivity index (χ4n) is 2.25. The average molecular weight is 282 g/mol. The third-order valence-corrected chi connectivity index (χ3v) is 3.70. The molecule has 1 aliphatic rings. The maximum Gasteiger partial charge on any atom is 0.223 e. The molecule has 21 heavy (non-hydrogen) atoms. The van der Waals surface area contributed by atoms with E-state index < -0.39 is 0 Å². The third kappa shape index (κ3) is 3.60. The first kappa shape index (κ1) is 13.6. The summed E-state index contributed by atoms with van der Waals surface area (Å²) in [5, 5.41) is 2.98. The van der Waals surface area contributed by atoms with Crippen molar-refractivity contribution in [1.82, 2.24) is 10.3 Å². The van der Waals surface area contributed by atoms with Crippen molar-refractivity contribution in [3.05, 3.63) is 54.2 Å². The van der Waals surface area contributed by atoms with E-state index in [-0.39, 0.29) is 11.8 Å². The number of ether oxygens (including phenoxy) is 1. The van der Waals surface area contributed by atoms with Crippen LogP contribution >= 0.6 is 0 Å². The van der Waals surface area contributed by atoms with Gasteiger partial charge in [-0.15, -0.1) is 0 Å². The van der Waals surface area contributed by atoms with Crippen LogP contribution in [0.1, 0.15) is 24.8 Å². The Labute approximate surface area is 124 Å². The Kier molecular flexibility index (Phi) is 4.15. The van der Waals surface area contributed by atoms with Gasteiger partial charge in [-0.3, -0.25) is 4.79 Å². The second-order valence-corrected chi connectivity index (χ2v) is 5.26. The molecule has 1 N–H and O–H groups in total. The van der Waals surface area contributed by atoms with Gasteiger partial charge in [-0.25, -0.2) is 4.98 Å². The van der Waals surface area contributed by atoms with Crippen LogP contribution in [0.2, 0.25) is 0 Å². The highest BCUT2D eigenvalue weighted by Crippen LogP contribution is 2.26. The predicted octanol–water partition coefficient (Wildman–Crippen LogP) is 3.29. The fourth-order valence-corrected chi connectivity index (χ4v) is 2.25. The minimum atomic E-state index is 0.164. The van der Waals surface area contributed by atoms with Crippen molar-refractivity contribution in [1.29, 1.82) is 0 Å². The number of nitrogens with one attached hydrogen (secondary N) is 1. The van der Waals surface area contributed by atoms with Crippen molar-refractivity contribution < 1.29 is 9.53 Å². The first-order chi connectivity index (χ1) is 10.3. The Hall–Kier alpha value is -2.36. The summed E-state index contributed by atoms with van der Waals surface area (Å²) in [5.74, 6) is 1.67. The minimum absolute atomic E-state index is 0.164. The Morgan fingerprint density at radius 3 is 2.86 bits per heavy atom. The molecule has 2 aromatic rings. The molecule has 0 radical (unpaired) electrons. The molecule has 0 saturated heterocycles. The number of carbonyl (C=O) groups is 1. The van der Waals surface area contributed by atoms with Gasteiger partial charge < -0.3 is 10.1 Å². The van der Waals surface area contributed by atoms with Gasteiger partial charge in [0.2, 0.25) is 11.8 Å². The normalized spacial score (nSPS) is 14.3. The number of pyridine rings is 1. The maximum atomic E-state index is 11.8. The zero-order valence-electron chi connectivity index (χ0n) is 11.8. The number of nitrogens with zero attached hydrogens (tertiary/aromatic N) is 1. The van der Waals surface area contributed by atoms with Crippen molar-refractivity contribution in [2.45, 2.75) is 25.8 Å². The average Bonchev–Trinajstić information content (AvgIpc) is 2.45. The Balaban J connectivity index is 1.59. The minimum Gasteiger partial charge on any atom is -0.439 e. The zero-order valence-corrected chi connectivity index (χ0v) is 11.8. The van der Waals surface area contributed by atoms with E-state index in [1.54, 1.807) is 6.20 Å². The number of hydrogen-bond acceptors (Lipinski definition) is 3. The molecule has 108 valence electrons. The standard InChI is InChI=1S/C17H18N2O2/c20-17(14-6-4-7-14)19-12-13-5-3-8-15(11-13)21-16-9-1-2-10-18-16/h1-3,5,8-11,14H,4,6-7,12H2,(H,19,20). The van der Waals surface area contributed by atoms with Gasteiger partial charge >= 0.3 is 0 Å². The summed E-state index contributed by atoms with van der Waals surface area (Å²) in [6.45, 7) is 0.536. The monoisotopic (exact) mass is 282 g/mol. The van der Waals surface area contributed by atoms with Crippen molar-refractivity contribution in [3.8, 4) is 11.6 Å². The van der Waals surface area contributed by atoms with Crippen LogP contribution in [-0.2, 0) is 11.3 Å². The van der Waals surface area contributed by atoms with Gasteiger partial charge in [-0.1, -0.05) is 24.6 Å². The summed E-state index contributed by atoms with van der Waals surface area (Å²) in [6, 6.07) is 13.2. The summed E-state index contributed by atoms with van der Waals surface area (Å²) in [5.41, 5.74) is 1.02. The summed E-state index contributed by atoms with van der Waals surface area (Å²) in [7, 11) is 0. The molecule has 4 heteroatoms. The van der Waals surface area contributed by atoms with Gasteiger partial charge in [0.15, 0.2) is 0 Å². The van der Waals surface area contributed by atoms with E-state index in [0.29, 0.717) is 12.4 Å². The van der Waals surface area contributed by atoms with Gasteiger partial charge in [0.25, 0.3) is 0 Å². The molecular formula is C17H18N2O2. The summed E-state index contributed by atoms with van der Waals surface area (Å²) >= 11 is 0. The Morgan fingerprint density at radius 1 is 1.24 bits per heavy atom. The smallest absolute Gasteiger partial charge is 0.223 e. The Morgan fingerprint density at radius 2 is 2.14 bits per heavy atom. The first-order valence-electron chi connectivity index (χ1n) is 7.27. The molecule has 1 aromatic heterocycles. The lowest BCUT2D eigenvalue weighted by molar-refractivity contribution is -0.127. The van der Waals surface area contributed by atoms with Gasteiger partial charge in [-0.2, -0.15) is 0 Å². The number of rotatable bonds is 5. The molecule has 1 fully saturated rings. The lowest BCUT2D eigenvalue weighted by Crippen LogP contribution is -2.33. The highest BCUT2D eigenvalue weighted by Gasteiger charge is 2.24. The largest absolute Gasteiger partial charge is 0.439 e. The van der Waals surface area contributed by atoms with E-state index in [4.69, 9.17) is 4.74 Å². The van der Waals surface area contributed by atoms with Crippen LogP contribution in [0.4, 0.5) is 0 Å². The summed E-state index contributed by atoms with van der Waals surface area (Å²) in [4.78, 5) is 16.0. The van der Waals surface area contributed by atoms with Crippen LogP contribution in [0.15, 0.2) is 48.7 Å². The molecule has 1 aromatic carbocycles. The molecule has 0 spiro atoms. The molecule has 1 aliphatic carbocycles. The Bertz CT molecular complexity index is 609. The maximum absolute atomic E-state index is 11.8. The van der Waals surface area contributed by atoms with E-state index in [9.17, 15) is 4.79 Å². The number of aromatic nitrogens is 1. The number of amides is 1. The van der Waals surface area contributed by atoms with Gasteiger partial charge in [-0.05, 0) is 36.6 Å². The van der Waals surface area contributed by atoms with Crippen LogP contribution in [0.3, 0.4) is 0 Å². The lowest BCUT2D eigenvalue weighted by Gasteiger charge is -2.24. The highest BCUT2D eigenvalue weighted by atomic mass is 16.5.